The van der Waals surface area contributed by atoms with E-state index in [1.54, 1.807) is 55.6 Å². The molecule has 1 aliphatic heterocycles. The number of carbonyl (C=O) groups excluding carboxylic acids is 2. The van der Waals surface area contributed by atoms with E-state index in [0.717, 1.165) is 16.1 Å². The smallest absolute Gasteiger partial charge is 0.261 e. The standard InChI is InChI=1S/C24H23N3O4S/c1-4-27-19-10-8-15(12-21(19)32-23-18(24(27)29)6-5-11-25-23)22(28)26-14-16-7-9-17(30-2)13-20(16)31-3/h5-13H,4,14H2,1-3H3,(H,26,28). The van der Waals surface area contributed by atoms with Gasteiger partial charge in [-0.25, -0.2) is 4.98 Å². The van der Waals surface area contributed by atoms with Crippen molar-refractivity contribution in [1.29, 1.82) is 0 Å². The highest BCUT2D eigenvalue weighted by Gasteiger charge is 2.27. The number of carbonyl (C=O) groups is 2. The van der Waals surface area contributed by atoms with Gasteiger partial charge in [0.15, 0.2) is 0 Å². The first kappa shape index (κ1) is 21.7. The lowest BCUT2D eigenvalue weighted by Gasteiger charge is -2.21. The molecule has 0 bridgehead atoms. The van der Waals surface area contributed by atoms with Gasteiger partial charge in [-0.05, 0) is 49.4 Å². The van der Waals surface area contributed by atoms with Crippen LogP contribution in [0.15, 0.2) is 64.6 Å². The Morgan fingerprint density at radius 3 is 2.72 bits per heavy atom. The average Bonchev–Trinajstić information content (AvgIpc) is 2.95. The number of benzene rings is 2. The number of fused-ring (bicyclic) bond motifs is 2. The fourth-order valence-electron chi connectivity index (χ4n) is 3.54. The molecule has 1 N–H and O–H groups in total. The highest BCUT2D eigenvalue weighted by molar-refractivity contribution is 7.99. The maximum atomic E-state index is 13.0. The van der Waals surface area contributed by atoms with Gasteiger partial charge in [-0.3, -0.25) is 9.59 Å². The summed E-state index contributed by atoms with van der Waals surface area (Å²) in [7, 11) is 3.17. The lowest BCUT2D eigenvalue weighted by atomic mass is 10.1. The Bertz CT molecular complexity index is 1180. The summed E-state index contributed by atoms with van der Waals surface area (Å²) in [5.41, 5.74) is 2.68. The summed E-state index contributed by atoms with van der Waals surface area (Å²) in [6.45, 7) is 2.75. The van der Waals surface area contributed by atoms with Crippen molar-refractivity contribution >= 4 is 29.3 Å². The van der Waals surface area contributed by atoms with Gasteiger partial charge in [0.05, 0.1) is 25.5 Å². The minimum Gasteiger partial charge on any atom is -0.497 e. The van der Waals surface area contributed by atoms with E-state index in [2.05, 4.69) is 10.3 Å². The number of methoxy groups -OCH3 is 2. The summed E-state index contributed by atoms with van der Waals surface area (Å²) < 4.78 is 10.6. The lowest BCUT2D eigenvalue weighted by Crippen LogP contribution is -2.30. The third kappa shape index (κ3) is 4.13. The van der Waals surface area contributed by atoms with Crippen LogP contribution in [0.2, 0.25) is 0 Å². The zero-order valence-electron chi connectivity index (χ0n) is 18.0. The molecule has 0 atom stereocenters. The maximum absolute atomic E-state index is 13.0. The number of nitrogens with zero attached hydrogens (tertiary/aromatic N) is 2. The van der Waals surface area contributed by atoms with Crippen LogP contribution >= 0.6 is 11.8 Å². The second-order valence-electron chi connectivity index (χ2n) is 7.05. The van der Waals surface area contributed by atoms with Gasteiger partial charge in [0, 0.05) is 41.4 Å². The first-order valence-corrected chi connectivity index (χ1v) is 10.9. The van der Waals surface area contributed by atoms with Crippen molar-refractivity contribution < 1.29 is 19.1 Å². The summed E-state index contributed by atoms with van der Waals surface area (Å²) in [6.07, 6.45) is 1.67. The quantitative estimate of drug-likeness (QED) is 0.609. The van der Waals surface area contributed by atoms with Gasteiger partial charge >= 0.3 is 0 Å². The highest BCUT2D eigenvalue weighted by atomic mass is 32.2. The Morgan fingerprint density at radius 1 is 1.12 bits per heavy atom. The fourth-order valence-corrected chi connectivity index (χ4v) is 4.60. The molecule has 1 aliphatic rings. The number of aromatic nitrogens is 1. The van der Waals surface area contributed by atoms with Gasteiger partial charge in [-0.15, -0.1) is 0 Å². The zero-order valence-corrected chi connectivity index (χ0v) is 18.9. The molecule has 0 aliphatic carbocycles. The van der Waals surface area contributed by atoms with Crippen molar-refractivity contribution in [3.63, 3.8) is 0 Å². The third-order valence-electron chi connectivity index (χ3n) is 5.22. The predicted octanol–water partition coefficient (Wildman–Crippen LogP) is 4.16. The van der Waals surface area contributed by atoms with Gasteiger partial charge < -0.3 is 19.7 Å². The van der Waals surface area contributed by atoms with Gasteiger partial charge in [-0.2, -0.15) is 0 Å². The van der Waals surface area contributed by atoms with Crippen molar-refractivity contribution in [2.75, 3.05) is 25.7 Å². The van der Waals surface area contributed by atoms with Crippen LogP contribution in [0, 0.1) is 0 Å². The molecule has 2 amide bonds. The van der Waals surface area contributed by atoms with Gasteiger partial charge in [0.2, 0.25) is 0 Å². The van der Waals surface area contributed by atoms with Crippen LogP contribution in [0.3, 0.4) is 0 Å². The first-order valence-electron chi connectivity index (χ1n) is 10.1. The van der Waals surface area contributed by atoms with E-state index in [9.17, 15) is 9.59 Å². The molecule has 0 spiro atoms. The number of nitrogens with one attached hydrogen (secondary N) is 1. The molecule has 0 unspecified atom stereocenters. The molecular formula is C24H23N3O4S. The molecule has 4 rings (SSSR count). The Morgan fingerprint density at radius 2 is 1.97 bits per heavy atom. The Kier molecular flexibility index (Phi) is 6.32. The summed E-state index contributed by atoms with van der Waals surface area (Å²) >= 11 is 1.39. The molecule has 0 saturated carbocycles. The Labute approximate surface area is 190 Å². The van der Waals surface area contributed by atoms with Crippen molar-refractivity contribution in [2.24, 2.45) is 0 Å². The summed E-state index contributed by atoms with van der Waals surface area (Å²) in [5.74, 6) is 1.02. The third-order valence-corrected chi connectivity index (χ3v) is 6.28. The molecule has 8 heteroatoms. The van der Waals surface area contributed by atoms with E-state index in [1.165, 1.54) is 11.8 Å². The van der Waals surface area contributed by atoms with Gasteiger partial charge in [-0.1, -0.05) is 11.8 Å². The van der Waals surface area contributed by atoms with E-state index >= 15 is 0 Å². The normalized spacial score (nSPS) is 12.5. The molecule has 3 aromatic rings. The molecular weight excluding hydrogens is 426 g/mol. The SMILES string of the molecule is CCN1C(=O)c2cccnc2Sc2cc(C(=O)NCc3ccc(OC)cc3OC)ccc21. The zero-order chi connectivity index (χ0) is 22.7. The van der Waals surface area contributed by atoms with Crippen LogP contribution in [-0.4, -0.2) is 37.6 Å². The van der Waals surface area contributed by atoms with Gasteiger partial charge in [0.25, 0.3) is 11.8 Å². The van der Waals surface area contributed by atoms with Crippen molar-refractivity contribution in [1.82, 2.24) is 10.3 Å². The monoisotopic (exact) mass is 449 g/mol. The number of ether oxygens (including phenoxy) is 2. The number of pyridine rings is 1. The molecule has 7 nitrogen and oxygen atoms in total. The summed E-state index contributed by atoms with van der Waals surface area (Å²) in [5, 5.41) is 3.57. The van der Waals surface area contributed by atoms with E-state index in [1.807, 2.05) is 25.1 Å². The van der Waals surface area contributed by atoms with E-state index in [0.29, 0.717) is 40.7 Å². The van der Waals surface area contributed by atoms with Crippen molar-refractivity contribution in [3.8, 4) is 11.5 Å². The highest BCUT2D eigenvalue weighted by Crippen LogP contribution is 2.40. The average molecular weight is 450 g/mol. The summed E-state index contributed by atoms with van der Waals surface area (Å²) in [6, 6.07) is 14.4. The Balaban J connectivity index is 1.59. The predicted molar refractivity (Wildman–Crippen MR) is 123 cm³/mol. The molecule has 0 fully saturated rings. The molecule has 0 saturated heterocycles. The van der Waals surface area contributed by atoms with E-state index in [-0.39, 0.29) is 11.8 Å². The number of hydrogen-bond acceptors (Lipinski definition) is 6. The second-order valence-corrected chi connectivity index (χ2v) is 8.08. The molecule has 1 aromatic heterocycles. The minimum atomic E-state index is -0.217. The number of anilines is 1. The topological polar surface area (TPSA) is 80.8 Å². The molecule has 32 heavy (non-hydrogen) atoms. The van der Waals surface area contributed by atoms with E-state index < -0.39 is 0 Å². The van der Waals surface area contributed by atoms with Crippen LogP contribution < -0.4 is 19.7 Å². The van der Waals surface area contributed by atoms with Crippen molar-refractivity contribution in [3.05, 3.63) is 71.4 Å². The van der Waals surface area contributed by atoms with E-state index in [4.69, 9.17) is 9.47 Å². The van der Waals surface area contributed by atoms with Gasteiger partial charge in [0.1, 0.15) is 16.5 Å². The molecule has 2 heterocycles. The van der Waals surface area contributed by atoms with Crippen LogP contribution in [0.1, 0.15) is 33.2 Å². The molecule has 164 valence electrons. The van der Waals surface area contributed by atoms with Crippen molar-refractivity contribution in [2.45, 2.75) is 23.4 Å². The van der Waals surface area contributed by atoms with Crippen LogP contribution in [0.25, 0.3) is 0 Å². The number of amides is 2. The first-order chi connectivity index (χ1) is 15.5. The largest absolute Gasteiger partial charge is 0.497 e. The number of rotatable bonds is 6. The molecule has 0 radical (unpaired) electrons. The second kappa shape index (κ2) is 9.32. The fraction of sp³-hybridized carbons (Fsp3) is 0.208. The summed E-state index contributed by atoms with van der Waals surface area (Å²) in [4.78, 5) is 32.8. The number of hydrogen-bond donors (Lipinski definition) is 1. The minimum absolute atomic E-state index is 0.0920. The van der Waals surface area contributed by atoms with Crippen LogP contribution in [0.5, 0.6) is 11.5 Å². The lowest BCUT2D eigenvalue weighted by molar-refractivity contribution is 0.0949. The Hall–Kier alpha value is -3.52. The van der Waals surface area contributed by atoms with Crippen LogP contribution in [-0.2, 0) is 6.54 Å². The van der Waals surface area contributed by atoms with Crippen LogP contribution in [0.4, 0.5) is 5.69 Å². The molecule has 2 aromatic carbocycles. The maximum Gasteiger partial charge on any atom is 0.261 e.